The molecule has 2 fully saturated rings. The molecule has 0 aromatic carbocycles. The van der Waals surface area contributed by atoms with Crippen molar-refractivity contribution in [1.29, 1.82) is 0 Å². The Kier molecular flexibility index (Phi) is 3.92. The largest absolute Gasteiger partial charge is 0.481 e. The van der Waals surface area contributed by atoms with E-state index in [0.717, 1.165) is 0 Å². The summed E-state index contributed by atoms with van der Waals surface area (Å²) in [5.41, 5.74) is -0.611. The minimum atomic E-state index is -0.945. The van der Waals surface area contributed by atoms with Crippen LogP contribution in [-0.2, 0) is 19.0 Å². The van der Waals surface area contributed by atoms with E-state index in [1.165, 1.54) is 0 Å². The molecule has 7 nitrogen and oxygen atoms in total. The molecule has 0 aromatic rings. The molecule has 0 unspecified atom stereocenters. The number of alkyl carbamates (subject to hydrolysis) is 1. The van der Waals surface area contributed by atoms with Crippen molar-refractivity contribution in [3.63, 3.8) is 0 Å². The van der Waals surface area contributed by atoms with Gasteiger partial charge in [-0.15, -0.1) is 0 Å². The molecule has 0 radical (unpaired) electrons. The van der Waals surface area contributed by atoms with E-state index in [-0.39, 0.29) is 6.42 Å². The number of carbonyl (C=O) groups is 2. The van der Waals surface area contributed by atoms with Gasteiger partial charge in [0.15, 0.2) is 5.79 Å². The highest BCUT2D eigenvalue weighted by Crippen LogP contribution is 2.41. The average Bonchev–Trinajstić information content (AvgIpc) is 2.70. The summed E-state index contributed by atoms with van der Waals surface area (Å²) in [5.74, 6) is -2.49. The third-order valence-corrected chi connectivity index (χ3v) is 3.48. The molecule has 0 spiro atoms. The molecule has 1 amide bonds. The van der Waals surface area contributed by atoms with Gasteiger partial charge in [0, 0.05) is 0 Å². The van der Waals surface area contributed by atoms with E-state index >= 15 is 0 Å². The summed E-state index contributed by atoms with van der Waals surface area (Å²) in [4.78, 5) is 23.2. The number of hydrogen-bond donors (Lipinski definition) is 2. The number of fused-ring (bicyclic) bond motifs is 1. The van der Waals surface area contributed by atoms with Crippen LogP contribution in [0.2, 0.25) is 0 Å². The van der Waals surface area contributed by atoms with Crippen LogP contribution in [-0.4, -0.2) is 46.8 Å². The summed E-state index contributed by atoms with van der Waals surface area (Å²) in [5, 5.41) is 12.0. The van der Waals surface area contributed by atoms with Gasteiger partial charge >= 0.3 is 12.1 Å². The predicted molar refractivity (Wildman–Crippen MR) is 72.7 cm³/mol. The summed E-state index contributed by atoms with van der Waals surface area (Å²) >= 11 is 0. The summed E-state index contributed by atoms with van der Waals surface area (Å²) < 4.78 is 16.6. The second-order valence-corrected chi connectivity index (χ2v) is 7.00. The maximum atomic E-state index is 11.9. The lowest BCUT2D eigenvalue weighted by Gasteiger charge is -2.25. The molecule has 1 saturated carbocycles. The van der Waals surface area contributed by atoms with Gasteiger partial charge in [-0.3, -0.25) is 4.79 Å². The first kappa shape index (κ1) is 16.0. The van der Waals surface area contributed by atoms with Crippen molar-refractivity contribution in [2.75, 3.05) is 0 Å². The van der Waals surface area contributed by atoms with Crippen LogP contribution in [0.1, 0.15) is 41.0 Å². The smallest absolute Gasteiger partial charge is 0.407 e. The number of rotatable bonds is 2. The van der Waals surface area contributed by atoms with E-state index < -0.39 is 47.6 Å². The van der Waals surface area contributed by atoms with Crippen LogP contribution in [0.5, 0.6) is 0 Å². The molecule has 2 aliphatic rings. The molecule has 4 atom stereocenters. The molecule has 1 aliphatic carbocycles. The van der Waals surface area contributed by atoms with Crippen molar-refractivity contribution in [3.8, 4) is 0 Å². The summed E-state index contributed by atoms with van der Waals surface area (Å²) in [6, 6.07) is -0.437. The first-order valence-corrected chi connectivity index (χ1v) is 7.06. The number of carbonyl (C=O) groups excluding carboxylic acids is 1. The molecule has 1 saturated heterocycles. The molecule has 0 bridgehead atoms. The lowest BCUT2D eigenvalue weighted by molar-refractivity contribution is -0.166. The standard InChI is InChI=1S/C14H23NO6/c1-13(2,3)21-12(18)15-8-6-7(11(16)17)9-10(8)20-14(4,5)19-9/h7-10H,6H2,1-5H3,(H,15,18)(H,16,17)/t7-,8+,9+,10-/m0/s1. The lowest BCUT2D eigenvalue weighted by Crippen LogP contribution is -2.45. The van der Waals surface area contributed by atoms with E-state index in [0.29, 0.717) is 0 Å². The van der Waals surface area contributed by atoms with Gasteiger partial charge in [-0.25, -0.2) is 4.79 Å². The summed E-state index contributed by atoms with van der Waals surface area (Å²) in [7, 11) is 0. The number of amides is 1. The molecule has 1 heterocycles. The van der Waals surface area contributed by atoms with E-state index in [4.69, 9.17) is 14.2 Å². The van der Waals surface area contributed by atoms with Crippen molar-refractivity contribution in [2.45, 2.75) is 70.7 Å². The van der Waals surface area contributed by atoms with Gasteiger partial charge in [-0.05, 0) is 41.0 Å². The van der Waals surface area contributed by atoms with Gasteiger partial charge in [-0.2, -0.15) is 0 Å². The Morgan fingerprint density at radius 3 is 2.33 bits per heavy atom. The van der Waals surface area contributed by atoms with E-state index in [2.05, 4.69) is 5.32 Å². The maximum Gasteiger partial charge on any atom is 0.407 e. The highest BCUT2D eigenvalue weighted by Gasteiger charge is 2.56. The van der Waals surface area contributed by atoms with Gasteiger partial charge in [0.2, 0.25) is 0 Å². The number of carboxylic acids is 1. The van der Waals surface area contributed by atoms with Gasteiger partial charge in [-0.1, -0.05) is 0 Å². The Balaban J connectivity index is 2.07. The van der Waals surface area contributed by atoms with E-state index in [1.54, 1.807) is 34.6 Å². The maximum absolute atomic E-state index is 11.9. The Bertz CT molecular complexity index is 441. The summed E-state index contributed by atoms with van der Waals surface area (Å²) in [6.45, 7) is 8.76. The van der Waals surface area contributed by atoms with Crippen LogP contribution in [0.4, 0.5) is 4.79 Å². The van der Waals surface area contributed by atoms with E-state index in [1.807, 2.05) is 0 Å². The molecule has 1 aliphatic heterocycles. The number of ether oxygens (including phenoxy) is 3. The monoisotopic (exact) mass is 301 g/mol. The number of hydrogen-bond acceptors (Lipinski definition) is 5. The zero-order valence-electron chi connectivity index (χ0n) is 13.0. The Morgan fingerprint density at radius 1 is 1.24 bits per heavy atom. The summed E-state index contributed by atoms with van der Waals surface area (Å²) in [6.07, 6.45) is -1.35. The van der Waals surface area contributed by atoms with Gasteiger partial charge in [0.05, 0.1) is 12.0 Å². The number of carboxylic acid groups (broad SMARTS) is 1. The Hall–Kier alpha value is -1.34. The van der Waals surface area contributed by atoms with Crippen molar-refractivity contribution in [3.05, 3.63) is 0 Å². The first-order chi connectivity index (χ1) is 9.48. The topological polar surface area (TPSA) is 94.1 Å². The zero-order chi connectivity index (χ0) is 16.0. The highest BCUT2D eigenvalue weighted by atomic mass is 16.8. The highest BCUT2D eigenvalue weighted by molar-refractivity contribution is 5.73. The molecule has 7 heteroatoms. The normalized spacial score (nSPS) is 34.3. The Labute approximate surface area is 123 Å². The van der Waals surface area contributed by atoms with E-state index in [9.17, 15) is 14.7 Å². The molecule has 0 aromatic heterocycles. The van der Waals surface area contributed by atoms with Gasteiger partial charge in [0.25, 0.3) is 0 Å². The molecule has 2 N–H and O–H groups in total. The molecule has 21 heavy (non-hydrogen) atoms. The second kappa shape index (κ2) is 5.14. The van der Waals surface area contributed by atoms with Crippen LogP contribution in [0, 0.1) is 5.92 Å². The fourth-order valence-electron chi connectivity index (χ4n) is 2.82. The number of aliphatic carboxylic acids is 1. The van der Waals surface area contributed by atoms with Crippen LogP contribution in [0.25, 0.3) is 0 Å². The molecule has 2 rings (SSSR count). The lowest BCUT2D eigenvalue weighted by atomic mass is 10.1. The van der Waals surface area contributed by atoms with Crippen molar-refractivity contribution < 1.29 is 28.9 Å². The first-order valence-electron chi connectivity index (χ1n) is 7.06. The van der Waals surface area contributed by atoms with Crippen LogP contribution in [0.3, 0.4) is 0 Å². The second-order valence-electron chi connectivity index (χ2n) is 7.00. The Morgan fingerprint density at radius 2 is 1.81 bits per heavy atom. The van der Waals surface area contributed by atoms with Crippen molar-refractivity contribution in [2.24, 2.45) is 5.92 Å². The third kappa shape index (κ3) is 3.65. The van der Waals surface area contributed by atoms with Gasteiger partial charge in [0.1, 0.15) is 17.8 Å². The number of nitrogens with one attached hydrogen (secondary N) is 1. The van der Waals surface area contributed by atoms with Crippen LogP contribution in [0.15, 0.2) is 0 Å². The average molecular weight is 301 g/mol. The quantitative estimate of drug-likeness (QED) is 0.803. The van der Waals surface area contributed by atoms with Crippen molar-refractivity contribution in [1.82, 2.24) is 5.32 Å². The fraction of sp³-hybridized carbons (Fsp3) is 0.857. The minimum Gasteiger partial charge on any atom is -0.481 e. The van der Waals surface area contributed by atoms with Gasteiger partial charge < -0.3 is 24.6 Å². The molecular weight excluding hydrogens is 278 g/mol. The zero-order valence-corrected chi connectivity index (χ0v) is 13.0. The van der Waals surface area contributed by atoms with Crippen LogP contribution < -0.4 is 5.32 Å². The molecular formula is C14H23NO6. The predicted octanol–water partition coefficient (Wildman–Crippen LogP) is 1.50. The minimum absolute atomic E-state index is 0.264. The molecule has 120 valence electrons. The fourth-order valence-corrected chi connectivity index (χ4v) is 2.82. The van der Waals surface area contributed by atoms with Crippen molar-refractivity contribution >= 4 is 12.1 Å². The third-order valence-electron chi connectivity index (χ3n) is 3.48. The SMILES string of the molecule is CC(C)(C)OC(=O)N[C@@H]1C[C@H](C(=O)O)[C@H]2OC(C)(C)O[C@H]21. The van der Waals surface area contributed by atoms with Crippen LogP contribution >= 0.6 is 0 Å².